The van der Waals surface area contributed by atoms with Crippen molar-refractivity contribution >= 4 is 80.8 Å². The summed E-state index contributed by atoms with van der Waals surface area (Å²) in [5.74, 6) is -0.0119. The van der Waals surface area contributed by atoms with E-state index in [0.717, 1.165) is 16.8 Å². The first kappa shape index (κ1) is 24.3. The Balaban J connectivity index is 1.38. The second-order valence-electron chi connectivity index (χ2n) is 7.36. The second kappa shape index (κ2) is 10.6. The van der Waals surface area contributed by atoms with E-state index in [1.54, 1.807) is 53.4 Å². The van der Waals surface area contributed by atoms with Crippen molar-refractivity contribution in [2.45, 2.75) is 6.92 Å². The molecule has 1 heterocycles. The van der Waals surface area contributed by atoms with Gasteiger partial charge in [0.25, 0.3) is 11.8 Å². The molecular formula is C25H18Cl2N2O3S2. The van der Waals surface area contributed by atoms with Crippen LogP contribution in [0.5, 0.6) is 5.75 Å². The Bertz CT molecular complexity index is 1310. The van der Waals surface area contributed by atoms with E-state index in [-0.39, 0.29) is 23.4 Å². The summed E-state index contributed by atoms with van der Waals surface area (Å²) in [6, 6.07) is 19.7. The molecule has 5 nitrogen and oxygen atoms in total. The first-order valence-corrected chi connectivity index (χ1v) is 12.1. The summed E-state index contributed by atoms with van der Waals surface area (Å²) in [4.78, 5) is 27.2. The van der Waals surface area contributed by atoms with E-state index in [9.17, 15) is 9.59 Å². The highest BCUT2D eigenvalue weighted by atomic mass is 35.5. The standard InChI is InChI=1S/C25H18Cl2N2O3S2/c1-15-4-2-5-17(12-15)29-24(31)21(34-25(29)33)13-16-8-10-18(11-9-16)32-14-22(30)28-20-7-3-6-19(26)23(20)27/h2-13H,14H2,1H3,(H,28,30)/b21-13-. The van der Waals surface area contributed by atoms with E-state index in [4.69, 9.17) is 40.2 Å². The maximum Gasteiger partial charge on any atom is 0.270 e. The molecule has 0 atom stereocenters. The van der Waals surface area contributed by atoms with E-state index in [1.807, 2.05) is 31.2 Å². The number of carbonyl (C=O) groups is 2. The van der Waals surface area contributed by atoms with Gasteiger partial charge in [0, 0.05) is 0 Å². The Morgan fingerprint density at radius 1 is 1.12 bits per heavy atom. The van der Waals surface area contributed by atoms with Crippen LogP contribution in [0.4, 0.5) is 11.4 Å². The van der Waals surface area contributed by atoms with E-state index >= 15 is 0 Å². The Morgan fingerprint density at radius 3 is 2.59 bits per heavy atom. The minimum atomic E-state index is -0.368. The first-order valence-electron chi connectivity index (χ1n) is 10.1. The van der Waals surface area contributed by atoms with Gasteiger partial charge in [0.2, 0.25) is 0 Å². The number of benzene rings is 3. The van der Waals surface area contributed by atoms with Crippen molar-refractivity contribution in [3.8, 4) is 5.75 Å². The van der Waals surface area contributed by atoms with Crippen LogP contribution in [-0.4, -0.2) is 22.7 Å². The summed E-state index contributed by atoms with van der Waals surface area (Å²) >= 11 is 18.7. The Morgan fingerprint density at radius 2 is 1.85 bits per heavy atom. The monoisotopic (exact) mass is 528 g/mol. The van der Waals surface area contributed by atoms with Gasteiger partial charge in [-0.25, -0.2) is 0 Å². The molecule has 2 amide bonds. The summed E-state index contributed by atoms with van der Waals surface area (Å²) in [7, 11) is 0. The molecular weight excluding hydrogens is 511 g/mol. The van der Waals surface area contributed by atoms with E-state index < -0.39 is 0 Å². The van der Waals surface area contributed by atoms with Crippen LogP contribution in [0, 0.1) is 6.92 Å². The molecule has 172 valence electrons. The lowest BCUT2D eigenvalue weighted by Gasteiger charge is -2.14. The highest BCUT2D eigenvalue weighted by Crippen LogP contribution is 2.36. The van der Waals surface area contributed by atoms with Gasteiger partial charge >= 0.3 is 0 Å². The molecule has 9 heteroatoms. The van der Waals surface area contributed by atoms with Gasteiger partial charge in [-0.2, -0.15) is 0 Å². The molecule has 3 aromatic rings. The number of hydrogen-bond donors (Lipinski definition) is 1. The zero-order valence-corrected chi connectivity index (χ0v) is 21.0. The molecule has 1 aliphatic rings. The van der Waals surface area contributed by atoms with Crippen molar-refractivity contribution in [1.29, 1.82) is 0 Å². The smallest absolute Gasteiger partial charge is 0.270 e. The van der Waals surface area contributed by atoms with Crippen molar-refractivity contribution in [2.24, 2.45) is 0 Å². The number of ether oxygens (including phenoxy) is 1. The molecule has 1 aliphatic heterocycles. The van der Waals surface area contributed by atoms with Crippen LogP contribution >= 0.6 is 47.2 Å². The highest BCUT2D eigenvalue weighted by Gasteiger charge is 2.33. The molecule has 3 aromatic carbocycles. The lowest BCUT2D eigenvalue weighted by Crippen LogP contribution is -2.27. The fourth-order valence-corrected chi connectivity index (χ4v) is 4.85. The molecule has 1 saturated heterocycles. The first-order chi connectivity index (χ1) is 16.3. The van der Waals surface area contributed by atoms with Gasteiger partial charge in [-0.05, 0) is 60.5 Å². The van der Waals surface area contributed by atoms with Crippen molar-refractivity contribution in [3.05, 3.63) is 92.8 Å². The number of hydrogen-bond acceptors (Lipinski definition) is 5. The number of aryl methyl sites for hydroxylation is 1. The molecule has 0 aliphatic carbocycles. The second-order valence-corrected chi connectivity index (χ2v) is 9.82. The molecule has 0 radical (unpaired) electrons. The number of thiocarbonyl (C=S) groups is 1. The summed E-state index contributed by atoms with van der Waals surface area (Å²) in [5.41, 5.74) is 3.04. The summed E-state index contributed by atoms with van der Waals surface area (Å²) < 4.78 is 6.04. The van der Waals surface area contributed by atoms with Crippen LogP contribution in [0.2, 0.25) is 10.0 Å². The van der Waals surface area contributed by atoms with Crippen LogP contribution in [0.25, 0.3) is 6.08 Å². The topological polar surface area (TPSA) is 58.6 Å². The zero-order valence-electron chi connectivity index (χ0n) is 17.9. The summed E-state index contributed by atoms with van der Waals surface area (Å²) in [6.45, 7) is 1.77. The van der Waals surface area contributed by atoms with Crippen LogP contribution < -0.4 is 15.0 Å². The lowest BCUT2D eigenvalue weighted by atomic mass is 10.2. The number of amides is 2. The molecule has 34 heavy (non-hydrogen) atoms. The van der Waals surface area contributed by atoms with Gasteiger partial charge < -0.3 is 10.1 Å². The maximum absolute atomic E-state index is 12.9. The van der Waals surface area contributed by atoms with Crippen LogP contribution in [-0.2, 0) is 9.59 Å². The SMILES string of the molecule is Cc1cccc(N2C(=O)/C(=C/c3ccc(OCC(=O)Nc4cccc(Cl)c4Cl)cc3)SC2=S)c1. The quantitative estimate of drug-likeness (QED) is 0.284. The third-order valence-electron chi connectivity index (χ3n) is 4.83. The van der Waals surface area contributed by atoms with E-state index in [0.29, 0.717) is 25.7 Å². The number of anilines is 2. The van der Waals surface area contributed by atoms with Gasteiger partial charge in [0.05, 0.1) is 26.3 Å². The summed E-state index contributed by atoms with van der Waals surface area (Å²) in [6.07, 6.45) is 1.78. The van der Waals surface area contributed by atoms with E-state index in [2.05, 4.69) is 5.32 Å². The largest absolute Gasteiger partial charge is 0.484 e. The van der Waals surface area contributed by atoms with Gasteiger partial charge in [-0.3, -0.25) is 14.5 Å². The fourth-order valence-electron chi connectivity index (χ4n) is 3.20. The maximum atomic E-state index is 12.9. The van der Waals surface area contributed by atoms with Gasteiger partial charge in [0.15, 0.2) is 10.9 Å². The van der Waals surface area contributed by atoms with Gasteiger partial charge in [-0.1, -0.05) is 77.5 Å². The number of carbonyl (C=O) groups excluding carboxylic acids is 2. The average Bonchev–Trinajstić information content (AvgIpc) is 3.09. The molecule has 1 N–H and O–H groups in total. The number of nitrogens with one attached hydrogen (secondary N) is 1. The van der Waals surface area contributed by atoms with Crippen molar-refractivity contribution < 1.29 is 14.3 Å². The van der Waals surface area contributed by atoms with Crippen molar-refractivity contribution in [2.75, 3.05) is 16.8 Å². The predicted molar refractivity (Wildman–Crippen MR) is 144 cm³/mol. The van der Waals surface area contributed by atoms with Crippen LogP contribution in [0.15, 0.2) is 71.6 Å². The van der Waals surface area contributed by atoms with Gasteiger partial charge in [-0.15, -0.1) is 0 Å². The molecule has 1 fully saturated rings. The molecule has 0 saturated carbocycles. The minimum Gasteiger partial charge on any atom is -0.484 e. The number of thioether (sulfide) groups is 1. The number of nitrogens with zero attached hydrogens (tertiary/aromatic N) is 1. The summed E-state index contributed by atoms with van der Waals surface area (Å²) in [5, 5.41) is 3.29. The fraction of sp³-hybridized carbons (Fsp3) is 0.0800. The Kier molecular flexibility index (Phi) is 7.58. The third-order valence-corrected chi connectivity index (χ3v) is 6.95. The number of halogens is 2. The number of rotatable bonds is 6. The molecule has 4 rings (SSSR count). The van der Waals surface area contributed by atoms with Gasteiger partial charge in [0.1, 0.15) is 5.75 Å². The Labute approximate surface area is 216 Å². The zero-order chi connectivity index (χ0) is 24.2. The minimum absolute atomic E-state index is 0.155. The highest BCUT2D eigenvalue weighted by molar-refractivity contribution is 8.27. The third kappa shape index (κ3) is 5.62. The molecule has 0 aromatic heterocycles. The normalized spacial score (nSPS) is 14.6. The van der Waals surface area contributed by atoms with E-state index in [1.165, 1.54) is 11.8 Å². The average molecular weight is 529 g/mol. The van der Waals surface area contributed by atoms with Crippen LogP contribution in [0.1, 0.15) is 11.1 Å². The van der Waals surface area contributed by atoms with Crippen LogP contribution in [0.3, 0.4) is 0 Å². The predicted octanol–water partition coefficient (Wildman–Crippen LogP) is 6.73. The van der Waals surface area contributed by atoms with Crippen molar-refractivity contribution in [3.63, 3.8) is 0 Å². The lowest BCUT2D eigenvalue weighted by molar-refractivity contribution is -0.118. The van der Waals surface area contributed by atoms with Crippen molar-refractivity contribution in [1.82, 2.24) is 0 Å². The molecule has 0 spiro atoms. The molecule has 0 unspecified atom stereocenters. The Hall–Kier alpha value is -2.84. The molecule has 0 bridgehead atoms.